The maximum atomic E-state index is 12.9. The molecule has 1 aromatic carbocycles. The van der Waals surface area contributed by atoms with Gasteiger partial charge in [-0.05, 0) is 36.6 Å². The third-order valence-electron chi connectivity index (χ3n) is 3.19. The first-order chi connectivity index (χ1) is 19.8. The summed E-state index contributed by atoms with van der Waals surface area (Å²) in [4.78, 5) is 12.3. The summed E-state index contributed by atoms with van der Waals surface area (Å²) in [5.41, 5.74) is -2.80. The molecule has 0 N–H and O–H groups in total. The lowest BCUT2D eigenvalue weighted by molar-refractivity contribution is 0.248. The minimum atomic E-state index is -3.81. The van der Waals surface area contributed by atoms with Gasteiger partial charge < -0.3 is 4.90 Å². The molecule has 0 saturated carbocycles. The molecule has 1 aliphatic rings. The molecule has 1 saturated heterocycles. The summed E-state index contributed by atoms with van der Waals surface area (Å²) in [5, 5.41) is 2.97. The van der Waals surface area contributed by atoms with E-state index in [-0.39, 0.29) is 9.80 Å². The molecule has 26 heavy (non-hydrogen) atoms. The number of rotatable bonds is 5. The molecule has 136 valence electrons. The van der Waals surface area contributed by atoms with E-state index >= 15 is 0 Å². The van der Waals surface area contributed by atoms with Crippen molar-refractivity contribution in [1.29, 1.82) is 0 Å². The molecule has 4 rings (SSSR count). The molecule has 1 fully saturated rings. The maximum absolute atomic E-state index is 12.9. The van der Waals surface area contributed by atoms with E-state index in [9.17, 15) is 4.79 Å². The number of pyridine rings is 1. The fraction of sp³-hybridized carbons (Fsp3) is 0.368. The molecule has 2 aromatic heterocycles. The van der Waals surface area contributed by atoms with Gasteiger partial charge in [-0.3, -0.25) is 9.30 Å². The summed E-state index contributed by atoms with van der Waals surface area (Å²) < 4.78 is 150. The van der Waals surface area contributed by atoms with Crippen LogP contribution in [0.3, 0.4) is 0 Å². The van der Waals surface area contributed by atoms with E-state index in [0.29, 0.717) is 9.08 Å². The van der Waals surface area contributed by atoms with Crippen LogP contribution < -0.4 is 10.6 Å². The van der Waals surface area contributed by atoms with Gasteiger partial charge in [0.15, 0.2) is 5.65 Å². The van der Waals surface area contributed by atoms with E-state index in [2.05, 4.69) is 5.10 Å². The number of anilines is 1. The van der Waals surface area contributed by atoms with Crippen molar-refractivity contribution < 1.29 is 24.7 Å². The Kier molecular flexibility index (Phi) is 1.76. The first kappa shape index (κ1) is 6.11. The van der Waals surface area contributed by atoms with Crippen LogP contribution in [0.5, 0.6) is 0 Å². The Morgan fingerprint density at radius 2 is 2.04 bits per heavy atom. The van der Waals surface area contributed by atoms with Crippen LogP contribution in [-0.4, -0.2) is 51.6 Å². The Labute approximate surface area is 182 Å². The minimum Gasteiger partial charge on any atom is -0.369 e. The molecule has 1 aliphatic heterocycles. The monoisotopic (exact) mass is 389 g/mol. The quantitative estimate of drug-likeness (QED) is 0.672. The molecule has 0 aliphatic carbocycles. The van der Waals surface area contributed by atoms with Gasteiger partial charge in [0.1, 0.15) is 0 Å². The second-order valence-electron chi connectivity index (χ2n) is 4.84. The number of hydrogen-bond donors (Lipinski definition) is 0. The van der Waals surface area contributed by atoms with Crippen LogP contribution in [-0.2, 0) is 6.54 Å². The van der Waals surface area contributed by atoms with Gasteiger partial charge in [-0.25, -0.2) is 9.48 Å². The molecule has 0 radical (unpaired) electrons. The van der Waals surface area contributed by atoms with Crippen LogP contribution in [0.4, 0.5) is 5.69 Å². The van der Waals surface area contributed by atoms with Crippen molar-refractivity contribution in [1.82, 2.24) is 19.1 Å². The Bertz CT molecular complexity index is 1700. The number of fused-ring (bicyclic) bond motifs is 1. The van der Waals surface area contributed by atoms with Crippen molar-refractivity contribution in [3.63, 3.8) is 0 Å². The minimum absolute atomic E-state index is 0.227. The first-order valence-corrected chi connectivity index (χ1v) is 7.60. The summed E-state index contributed by atoms with van der Waals surface area (Å²) in [6.45, 7) is -19.3. The summed E-state index contributed by atoms with van der Waals surface area (Å²) in [6.07, 6.45) is -1.84. The van der Waals surface area contributed by atoms with E-state index in [1.807, 2.05) is 0 Å². The van der Waals surface area contributed by atoms with Crippen molar-refractivity contribution in [3.05, 3.63) is 64.0 Å². The van der Waals surface area contributed by atoms with Gasteiger partial charge in [0.05, 0.1) is 16.4 Å². The SMILES string of the molecule is [2H]c1c([2H])c(Cl)c([2H])c(N2C([2H])([2H])C([2H])([2H])N(C([2H])([2H])CCn3nc4c([2H])c([2H])c([2H])c([2H])n4c3=O)C([2H])([2H])C2([2H])[2H])c1[2H]. The van der Waals surface area contributed by atoms with Crippen LogP contribution in [0.2, 0.25) is 5.02 Å². The molecule has 0 unspecified atom stereocenters. The molecule has 0 atom stereocenters. The molecular weight excluding hydrogens is 350 g/mol. The molecule has 0 amide bonds. The van der Waals surface area contributed by atoms with E-state index in [1.54, 1.807) is 0 Å². The van der Waals surface area contributed by atoms with E-state index in [4.69, 9.17) is 36.3 Å². The van der Waals surface area contributed by atoms with Crippen molar-refractivity contribution in [2.24, 2.45) is 0 Å². The van der Waals surface area contributed by atoms with Gasteiger partial charge in [-0.2, -0.15) is 0 Å². The van der Waals surface area contributed by atoms with E-state index in [0.717, 1.165) is 0 Å². The van der Waals surface area contributed by atoms with Gasteiger partial charge in [-0.1, -0.05) is 23.7 Å². The molecule has 3 aromatic rings. The molecule has 0 bridgehead atoms. The number of aryl methyl sites for hydroxylation is 1. The fourth-order valence-corrected chi connectivity index (χ4v) is 2.18. The van der Waals surface area contributed by atoms with Gasteiger partial charge >= 0.3 is 5.69 Å². The second kappa shape index (κ2) is 7.51. The average Bonchev–Trinajstić information content (AvgIpc) is 3.24. The molecular formula is C19H22ClN5O. The van der Waals surface area contributed by atoms with Crippen molar-refractivity contribution in [2.45, 2.75) is 13.0 Å². The third kappa shape index (κ3) is 3.61. The third-order valence-corrected chi connectivity index (χ3v) is 3.38. The van der Waals surface area contributed by atoms with Crippen LogP contribution in [0.1, 0.15) is 31.1 Å². The van der Waals surface area contributed by atoms with Crippen molar-refractivity contribution in [3.8, 4) is 0 Å². The fourth-order valence-electron chi connectivity index (χ4n) is 2.04. The summed E-state index contributed by atoms with van der Waals surface area (Å²) in [7, 11) is 0. The summed E-state index contributed by atoms with van der Waals surface area (Å²) in [6, 6.07) is -6.15. The predicted octanol–water partition coefficient (Wildman–Crippen LogP) is 2.36. The lowest BCUT2D eigenvalue weighted by atomic mass is 10.2. The van der Waals surface area contributed by atoms with Gasteiger partial charge in [-0.15, -0.1) is 5.10 Å². The van der Waals surface area contributed by atoms with Gasteiger partial charge in [0, 0.05) is 64.1 Å². The Morgan fingerprint density at radius 1 is 1.19 bits per heavy atom. The first-order valence-electron chi connectivity index (χ1n) is 16.2. The van der Waals surface area contributed by atoms with E-state index in [1.165, 1.54) is 0 Å². The number of nitrogens with zero attached hydrogens (tertiary/aromatic N) is 5. The van der Waals surface area contributed by atoms with Crippen molar-refractivity contribution >= 4 is 22.9 Å². The highest BCUT2D eigenvalue weighted by molar-refractivity contribution is 6.30. The zero-order valence-electron chi connectivity index (χ0n) is 30.9. The highest BCUT2D eigenvalue weighted by Crippen LogP contribution is 2.20. The van der Waals surface area contributed by atoms with Gasteiger partial charge in [0.2, 0.25) is 0 Å². The number of halogens is 1. The Morgan fingerprint density at radius 3 is 2.88 bits per heavy atom. The van der Waals surface area contributed by atoms with Crippen LogP contribution in [0, 0.1) is 0 Å². The lowest BCUT2D eigenvalue weighted by Crippen LogP contribution is -2.46. The van der Waals surface area contributed by atoms with Gasteiger partial charge in [0.25, 0.3) is 0 Å². The Balaban J connectivity index is 1.84. The molecule has 7 heteroatoms. The zero-order valence-corrected chi connectivity index (χ0v) is 13.7. The number of aromatic nitrogens is 3. The zero-order chi connectivity index (χ0) is 33.9. The van der Waals surface area contributed by atoms with Crippen LogP contribution in [0.25, 0.3) is 5.65 Å². The van der Waals surface area contributed by atoms with Crippen LogP contribution >= 0.6 is 11.6 Å². The largest absolute Gasteiger partial charge is 0.369 e. The smallest absolute Gasteiger partial charge is 0.350 e. The summed E-state index contributed by atoms with van der Waals surface area (Å²) >= 11 is 5.90. The van der Waals surface area contributed by atoms with Crippen molar-refractivity contribution in [2.75, 3.05) is 37.4 Å². The molecule has 6 nitrogen and oxygen atoms in total. The topological polar surface area (TPSA) is 45.8 Å². The Hall–Kier alpha value is -2.31. The summed E-state index contributed by atoms with van der Waals surface area (Å²) in [5.74, 6) is 0. The number of piperazine rings is 1. The normalized spacial score (nSPS) is 34.0. The number of hydrogen-bond acceptors (Lipinski definition) is 4. The van der Waals surface area contributed by atoms with Crippen LogP contribution in [0.15, 0.2) is 53.3 Å². The highest BCUT2D eigenvalue weighted by Gasteiger charge is 2.17. The molecule has 3 heterocycles. The lowest BCUT2D eigenvalue weighted by Gasteiger charge is -2.36. The maximum Gasteiger partial charge on any atom is 0.350 e. The number of benzene rings is 1. The molecule has 0 spiro atoms. The average molecular weight is 390 g/mol. The highest BCUT2D eigenvalue weighted by atomic mass is 35.5. The predicted molar refractivity (Wildman–Crippen MR) is 104 cm³/mol. The second-order valence-corrected chi connectivity index (χ2v) is 5.22. The van der Waals surface area contributed by atoms with E-state index < -0.39 is 116 Å². The standard InChI is InChI=1S/C19H22ClN5O/c20-16-5-3-6-17(15-16)23-13-11-22(12-14-23)8-4-10-25-19(26)24-9-2-1-7-18(24)21-25/h1-3,5-7,9,15H,4,8,10-14H2/i1D,2D,3D,5D,6D,7D,8D2,9D,11D2,12D2,13D2,14D2,15D.